The maximum atomic E-state index is 13.2. The van der Waals surface area contributed by atoms with Gasteiger partial charge in [0.2, 0.25) is 0 Å². The lowest BCUT2D eigenvalue weighted by atomic mass is 9.73. The fourth-order valence-electron chi connectivity index (χ4n) is 2.28. The van der Waals surface area contributed by atoms with Gasteiger partial charge in [0.05, 0.1) is 0 Å². The van der Waals surface area contributed by atoms with Gasteiger partial charge in [-0.1, -0.05) is 20.8 Å². The molecule has 0 N–H and O–H groups in total. The summed E-state index contributed by atoms with van der Waals surface area (Å²) in [4.78, 5) is 0. The van der Waals surface area contributed by atoms with Gasteiger partial charge in [-0.15, -0.1) is 0 Å². The highest BCUT2D eigenvalue weighted by Gasteiger charge is 2.38. The quantitative estimate of drug-likeness (QED) is 0.574. The summed E-state index contributed by atoms with van der Waals surface area (Å²) in [5, 5.41) is 0. The largest absolute Gasteiger partial charge is 0.244 e. The number of halogens is 2. The average molecular weight is 176 g/mol. The third-order valence-corrected chi connectivity index (χ3v) is 3.16. The van der Waals surface area contributed by atoms with Crippen molar-refractivity contribution in [3.63, 3.8) is 0 Å². The molecule has 72 valence electrons. The second-order valence-electron chi connectivity index (χ2n) is 4.30. The van der Waals surface area contributed by atoms with E-state index in [1.165, 1.54) is 0 Å². The van der Waals surface area contributed by atoms with Crippen molar-refractivity contribution in [1.29, 1.82) is 0 Å². The summed E-state index contributed by atoms with van der Waals surface area (Å²) in [5.74, 6) is 0.742. The molecule has 1 rings (SSSR count). The molecule has 0 nitrogen and oxygen atoms in total. The van der Waals surface area contributed by atoms with Gasteiger partial charge >= 0.3 is 0 Å². The topological polar surface area (TPSA) is 0 Å². The summed E-state index contributed by atoms with van der Waals surface area (Å²) in [6, 6.07) is 0. The van der Waals surface area contributed by atoms with Crippen molar-refractivity contribution in [1.82, 2.24) is 0 Å². The van der Waals surface area contributed by atoms with Crippen molar-refractivity contribution in [2.45, 2.75) is 46.0 Å². The third kappa shape index (κ3) is 1.78. The Hall–Kier alpha value is -0.140. The molecule has 0 radical (unpaired) electrons. The highest BCUT2D eigenvalue weighted by Crippen LogP contribution is 2.37. The van der Waals surface area contributed by atoms with Crippen LogP contribution in [0.15, 0.2) is 0 Å². The number of hydrogen-bond donors (Lipinski definition) is 0. The predicted octanol–water partition coefficient (Wildman–Crippen LogP) is 3.36. The summed E-state index contributed by atoms with van der Waals surface area (Å²) in [6.07, 6.45) is -1.18. The minimum absolute atomic E-state index is 0.103. The van der Waals surface area contributed by atoms with Crippen molar-refractivity contribution in [3.05, 3.63) is 0 Å². The van der Waals surface area contributed by atoms with Crippen molar-refractivity contribution in [2.24, 2.45) is 17.8 Å². The SMILES string of the molecule is CC(C)C1CCC(F)C(F)C1C. The van der Waals surface area contributed by atoms with Crippen molar-refractivity contribution >= 4 is 0 Å². The first-order chi connectivity index (χ1) is 5.54. The Morgan fingerprint density at radius 1 is 1.17 bits per heavy atom. The molecule has 1 aliphatic rings. The van der Waals surface area contributed by atoms with Gasteiger partial charge in [-0.2, -0.15) is 0 Å². The van der Waals surface area contributed by atoms with Gasteiger partial charge in [-0.25, -0.2) is 8.78 Å². The molecule has 2 heteroatoms. The molecular formula is C10H18F2. The van der Waals surface area contributed by atoms with E-state index in [-0.39, 0.29) is 5.92 Å². The van der Waals surface area contributed by atoms with E-state index in [2.05, 4.69) is 13.8 Å². The maximum Gasteiger partial charge on any atom is 0.134 e. The van der Waals surface area contributed by atoms with E-state index in [1.807, 2.05) is 6.92 Å². The van der Waals surface area contributed by atoms with Crippen LogP contribution in [0.4, 0.5) is 8.78 Å². The Bertz CT molecular complexity index is 145. The standard InChI is InChI=1S/C10H18F2/c1-6(2)8-4-5-9(11)10(12)7(8)3/h6-10H,4-5H2,1-3H3. The van der Waals surface area contributed by atoms with E-state index in [0.29, 0.717) is 18.3 Å². The van der Waals surface area contributed by atoms with Crippen LogP contribution in [0.2, 0.25) is 0 Å². The highest BCUT2D eigenvalue weighted by molar-refractivity contribution is 4.86. The van der Waals surface area contributed by atoms with Crippen molar-refractivity contribution in [3.8, 4) is 0 Å². The molecule has 1 fully saturated rings. The van der Waals surface area contributed by atoms with Gasteiger partial charge in [-0.05, 0) is 30.6 Å². The van der Waals surface area contributed by atoms with Crippen LogP contribution in [0.1, 0.15) is 33.6 Å². The number of alkyl halides is 2. The van der Waals surface area contributed by atoms with Gasteiger partial charge in [0, 0.05) is 0 Å². The summed E-state index contributed by atoms with van der Waals surface area (Å²) in [6.45, 7) is 6.01. The molecule has 0 bridgehead atoms. The second kappa shape index (κ2) is 3.71. The molecule has 0 heterocycles. The lowest BCUT2D eigenvalue weighted by Crippen LogP contribution is -2.37. The average Bonchev–Trinajstić information content (AvgIpc) is 2.00. The molecule has 4 unspecified atom stereocenters. The number of rotatable bonds is 1. The fourth-order valence-corrected chi connectivity index (χ4v) is 2.28. The lowest BCUT2D eigenvalue weighted by Gasteiger charge is -2.36. The van der Waals surface area contributed by atoms with E-state index in [9.17, 15) is 8.78 Å². The molecule has 1 saturated carbocycles. The molecule has 0 amide bonds. The normalized spacial score (nSPS) is 43.5. The van der Waals surface area contributed by atoms with Gasteiger partial charge in [0.25, 0.3) is 0 Å². The van der Waals surface area contributed by atoms with E-state index in [0.717, 1.165) is 6.42 Å². The van der Waals surface area contributed by atoms with Crippen LogP contribution in [0, 0.1) is 17.8 Å². The molecule has 0 aromatic rings. The minimum atomic E-state index is -1.23. The van der Waals surface area contributed by atoms with Crippen LogP contribution in [-0.4, -0.2) is 12.3 Å². The zero-order chi connectivity index (χ0) is 9.30. The summed E-state index contributed by atoms with van der Waals surface area (Å²) < 4.78 is 26.1. The van der Waals surface area contributed by atoms with Gasteiger partial charge < -0.3 is 0 Å². The Labute approximate surface area is 73.3 Å². The van der Waals surface area contributed by atoms with Crippen LogP contribution in [0.3, 0.4) is 0 Å². The zero-order valence-electron chi connectivity index (χ0n) is 8.06. The molecule has 4 atom stereocenters. The molecule has 0 aliphatic heterocycles. The molecular weight excluding hydrogens is 158 g/mol. The highest BCUT2D eigenvalue weighted by atomic mass is 19.2. The van der Waals surface area contributed by atoms with E-state index in [1.54, 1.807) is 0 Å². The Morgan fingerprint density at radius 2 is 1.75 bits per heavy atom. The summed E-state index contributed by atoms with van der Waals surface area (Å²) >= 11 is 0. The first-order valence-corrected chi connectivity index (χ1v) is 4.82. The predicted molar refractivity (Wildman–Crippen MR) is 46.5 cm³/mol. The van der Waals surface area contributed by atoms with Gasteiger partial charge in [0.1, 0.15) is 12.3 Å². The van der Waals surface area contributed by atoms with Crippen LogP contribution >= 0.6 is 0 Å². The lowest BCUT2D eigenvalue weighted by molar-refractivity contribution is 0.0214. The molecule has 0 spiro atoms. The second-order valence-corrected chi connectivity index (χ2v) is 4.30. The Morgan fingerprint density at radius 3 is 2.25 bits per heavy atom. The first kappa shape index (κ1) is 9.94. The smallest absolute Gasteiger partial charge is 0.134 e. The summed E-state index contributed by atoms with van der Waals surface area (Å²) in [5.41, 5.74) is 0. The third-order valence-electron chi connectivity index (χ3n) is 3.16. The van der Waals surface area contributed by atoms with Crippen LogP contribution in [0.25, 0.3) is 0 Å². The zero-order valence-corrected chi connectivity index (χ0v) is 8.06. The molecule has 0 aromatic carbocycles. The van der Waals surface area contributed by atoms with E-state index >= 15 is 0 Å². The van der Waals surface area contributed by atoms with Crippen LogP contribution in [0.5, 0.6) is 0 Å². The maximum absolute atomic E-state index is 13.2. The van der Waals surface area contributed by atoms with Crippen molar-refractivity contribution in [2.75, 3.05) is 0 Å². The van der Waals surface area contributed by atoms with Gasteiger partial charge in [0.15, 0.2) is 0 Å². The van der Waals surface area contributed by atoms with Crippen LogP contribution in [-0.2, 0) is 0 Å². The number of hydrogen-bond acceptors (Lipinski definition) is 0. The molecule has 1 aliphatic carbocycles. The van der Waals surface area contributed by atoms with Gasteiger partial charge in [-0.3, -0.25) is 0 Å². The van der Waals surface area contributed by atoms with Crippen molar-refractivity contribution < 1.29 is 8.78 Å². The van der Waals surface area contributed by atoms with Crippen LogP contribution < -0.4 is 0 Å². The van der Waals surface area contributed by atoms with E-state index in [4.69, 9.17) is 0 Å². The molecule has 0 aromatic heterocycles. The fraction of sp³-hybridized carbons (Fsp3) is 1.00. The molecule has 0 saturated heterocycles. The summed E-state index contributed by atoms with van der Waals surface area (Å²) in [7, 11) is 0. The Kier molecular flexibility index (Phi) is 3.08. The first-order valence-electron chi connectivity index (χ1n) is 4.82. The Balaban J connectivity index is 2.58. The molecule has 12 heavy (non-hydrogen) atoms. The monoisotopic (exact) mass is 176 g/mol. The van der Waals surface area contributed by atoms with E-state index < -0.39 is 12.3 Å². The minimum Gasteiger partial charge on any atom is -0.244 e.